The van der Waals surface area contributed by atoms with Crippen molar-refractivity contribution in [3.63, 3.8) is 0 Å². The fourth-order valence-electron chi connectivity index (χ4n) is 3.33. The molecule has 1 aromatic heterocycles. The minimum atomic E-state index is 0. The van der Waals surface area contributed by atoms with E-state index in [1.807, 2.05) is 24.3 Å². The van der Waals surface area contributed by atoms with E-state index in [1.165, 1.54) is 16.7 Å². The minimum absolute atomic E-state index is 0. The van der Waals surface area contributed by atoms with Crippen molar-refractivity contribution >= 4 is 34.0 Å². The third-order valence-corrected chi connectivity index (χ3v) is 5.88. The van der Waals surface area contributed by atoms with Crippen molar-refractivity contribution in [3.8, 4) is 17.0 Å². The molecule has 0 spiro atoms. The quantitative estimate of drug-likeness (QED) is 0.552. The minimum Gasteiger partial charge on any atom is -0.494 e. The zero-order valence-electron chi connectivity index (χ0n) is 16.9. The van der Waals surface area contributed by atoms with Gasteiger partial charge in [-0.15, -0.1) is 28.3 Å². The van der Waals surface area contributed by atoms with Crippen molar-refractivity contribution in [2.75, 3.05) is 38.4 Å². The van der Waals surface area contributed by atoms with Crippen LogP contribution in [0, 0.1) is 13.8 Å². The highest BCUT2D eigenvalue weighted by molar-refractivity contribution is 8.93. The van der Waals surface area contributed by atoms with Crippen LogP contribution in [0.5, 0.6) is 5.75 Å². The highest BCUT2D eigenvalue weighted by Crippen LogP contribution is 2.27. The van der Waals surface area contributed by atoms with E-state index in [2.05, 4.69) is 47.1 Å². The molecule has 29 heavy (non-hydrogen) atoms. The Morgan fingerprint density at radius 2 is 1.79 bits per heavy atom. The smallest absolute Gasteiger partial charge is 0.209 e. The van der Waals surface area contributed by atoms with Crippen molar-refractivity contribution < 1.29 is 9.47 Å². The predicted molar refractivity (Wildman–Crippen MR) is 125 cm³/mol. The molecular weight excluding hydrogens is 450 g/mol. The average molecular weight is 476 g/mol. The third kappa shape index (κ3) is 4.57. The molecule has 154 valence electrons. The zero-order valence-corrected chi connectivity index (χ0v) is 19.5. The van der Waals surface area contributed by atoms with E-state index in [0.717, 1.165) is 48.2 Å². The molecule has 2 heterocycles. The summed E-state index contributed by atoms with van der Waals surface area (Å²) in [5.74, 6) is 0.775. The summed E-state index contributed by atoms with van der Waals surface area (Å²) >= 11 is 1.65. The first-order valence-corrected chi connectivity index (χ1v) is 10.3. The lowest BCUT2D eigenvalue weighted by Crippen LogP contribution is -2.48. The maximum atomic E-state index is 5.57. The molecule has 0 unspecified atom stereocenters. The summed E-state index contributed by atoms with van der Waals surface area (Å²) in [5, 5.41) is 4.51. The van der Waals surface area contributed by atoms with E-state index < -0.39 is 0 Å². The molecule has 0 N–H and O–H groups in total. The highest BCUT2D eigenvalue weighted by atomic mass is 79.9. The normalized spacial score (nSPS) is 14.6. The fraction of sp³-hybridized carbons (Fsp3) is 0.318. The molecule has 0 amide bonds. The van der Waals surface area contributed by atoms with Crippen LogP contribution in [0.3, 0.4) is 0 Å². The molecule has 1 fully saturated rings. The van der Waals surface area contributed by atoms with Crippen LogP contribution in [0.1, 0.15) is 11.1 Å². The van der Waals surface area contributed by atoms with Gasteiger partial charge in [-0.25, -0.2) is 9.67 Å². The van der Waals surface area contributed by atoms with Crippen molar-refractivity contribution in [2.24, 2.45) is 4.99 Å². The Labute approximate surface area is 186 Å². The summed E-state index contributed by atoms with van der Waals surface area (Å²) in [6.45, 7) is 7.43. The lowest BCUT2D eigenvalue weighted by Gasteiger charge is -2.31. The molecule has 5 nitrogen and oxygen atoms in total. The summed E-state index contributed by atoms with van der Waals surface area (Å²) in [6, 6.07) is 14.5. The Balaban J connectivity index is 0.00000240. The Morgan fingerprint density at radius 1 is 1.03 bits per heavy atom. The number of hydrogen-bond acceptors (Lipinski definition) is 5. The SMILES string of the molecule is Br.COc1ccccc1N=c1scc(-c2ccc(C)c(C)c2)n1N1CCOCC1. The molecule has 4 rings (SSSR count). The second-order valence-electron chi connectivity index (χ2n) is 6.86. The van der Waals surface area contributed by atoms with Gasteiger partial charge in [0.25, 0.3) is 0 Å². The number of benzene rings is 2. The summed E-state index contributed by atoms with van der Waals surface area (Å²) in [4.78, 5) is 5.88. The van der Waals surface area contributed by atoms with Gasteiger partial charge in [0.2, 0.25) is 4.80 Å². The Bertz CT molecular complexity index is 1040. The van der Waals surface area contributed by atoms with Gasteiger partial charge in [0.05, 0.1) is 39.1 Å². The number of hydrogen-bond donors (Lipinski definition) is 0. The first-order chi connectivity index (χ1) is 13.7. The van der Waals surface area contributed by atoms with Crippen LogP contribution in [0.25, 0.3) is 11.3 Å². The number of aryl methyl sites for hydroxylation is 2. The second kappa shape index (κ2) is 9.61. The molecule has 0 radical (unpaired) electrons. The van der Waals surface area contributed by atoms with Gasteiger partial charge in [0.15, 0.2) is 0 Å². The maximum absolute atomic E-state index is 5.57. The number of morpholine rings is 1. The van der Waals surface area contributed by atoms with Gasteiger partial charge >= 0.3 is 0 Å². The maximum Gasteiger partial charge on any atom is 0.209 e. The van der Waals surface area contributed by atoms with Crippen LogP contribution in [0.2, 0.25) is 0 Å². The number of ether oxygens (including phenoxy) is 2. The van der Waals surface area contributed by atoms with E-state index in [-0.39, 0.29) is 17.0 Å². The molecule has 1 aliphatic rings. The molecule has 0 atom stereocenters. The third-order valence-electron chi connectivity index (χ3n) is 5.06. The molecule has 2 aromatic carbocycles. The lowest BCUT2D eigenvalue weighted by atomic mass is 10.1. The molecule has 0 aliphatic carbocycles. The fourth-order valence-corrected chi connectivity index (χ4v) is 4.25. The van der Waals surface area contributed by atoms with Crippen LogP contribution < -0.4 is 14.5 Å². The number of nitrogens with zero attached hydrogens (tertiary/aromatic N) is 3. The van der Waals surface area contributed by atoms with Crippen LogP contribution >= 0.6 is 28.3 Å². The van der Waals surface area contributed by atoms with Crippen molar-refractivity contribution in [2.45, 2.75) is 13.8 Å². The standard InChI is InChI=1S/C22H25N3O2S.BrH/c1-16-8-9-18(14-17(16)2)20-15-28-22(25(20)24-10-12-27-13-11-24)23-19-6-4-5-7-21(19)26-3;/h4-9,14-15H,10-13H2,1-3H3;1H. The number of rotatable bonds is 4. The van der Waals surface area contributed by atoms with Crippen LogP contribution in [0.15, 0.2) is 52.8 Å². The van der Waals surface area contributed by atoms with Gasteiger partial charge in [-0.3, -0.25) is 0 Å². The molecular formula is C22H26BrN3O2S. The van der Waals surface area contributed by atoms with E-state index in [9.17, 15) is 0 Å². The molecule has 0 saturated carbocycles. The Kier molecular flexibility index (Phi) is 7.16. The van der Waals surface area contributed by atoms with Crippen LogP contribution in [0.4, 0.5) is 5.69 Å². The van der Waals surface area contributed by atoms with Gasteiger partial charge in [-0.05, 0) is 43.2 Å². The zero-order chi connectivity index (χ0) is 19.5. The van der Waals surface area contributed by atoms with E-state index >= 15 is 0 Å². The van der Waals surface area contributed by atoms with Gasteiger partial charge in [-0.1, -0.05) is 24.3 Å². The summed E-state index contributed by atoms with van der Waals surface area (Å²) in [5.41, 5.74) is 5.78. The Hall–Kier alpha value is -2.09. The topological polar surface area (TPSA) is 39.0 Å². The van der Waals surface area contributed by atoms with E-state index in [0.29, 0.717) is 0 Å². The highest BCUT2D eigenvalue weighted by Gasteiger charge is 2.18. The van der Waals surface area contributed by atoms with Gasteiger partial charge in [0.1, 0.15) is 11.4 Å². The second-order valence-corrected chi connectivity index (χ2v) is 7.70. The van der Waals surface area contributed by atoms with E-state index in [1.54, 1.807) is 18.4 Å². The monoisotopic (exact) mass is 475 g/mol. The van der Waals surface area contributed by atoms with E-state index in [4.69, 9.17) is 14.5 Å². The summed E-state index contributed by atoms with van der Waals surface area (Å²) in [6.07, 6.45) is 0. The largest absolute Gasteiger partial charge is 0.494 e. The van der Waals surface area contributed by atoms with Crippen molar-refractivity contribution in [1.82, 2.24) is 4.68 Å². The van der Waals surface area contributed by atoms with Gasteiger partial charge in [-0.2, -0.15) is 0 Å². The van der Waals surface area contributed by atoms with Gasteiger partial charge < -0.3 is 14.5 Å². The van der Waals surface area contributed by atoms with Crippen molar-refractivity contribution in [1.29, 1.82) is 0 Å². The Morgan fingerprint density at radius 3 is 2.52 bits per heavy atom. The predicted octanol–water partition coefficient (Wildman–Crippen LogP) is 4.62. The summed E-state index contributed by atoms with van der Waals surface area (Å²) < 4.78 is 13.3. The number of aromatic nitrogens is 1. The number of methoxy groups -OCH3 is 1. The molecule has 1 saturated heterocycles. The average Bonchev–Trinajstić information content (AvgIpc) is 3.14. The van der Waals surface area contributed by atoms with Gasteiger partial charge in [0, 0.05) is 10.9 Å². The van der Waals surface area contributed by atoms with Crippen LogP contribution in [-0.2, 0) is 4.74 Å². The lowest BCUT2D eigenvalue weighted by molar-refractivity contribution is 0.111. The molecule has 1 aliphatic heterocycles. The van der Waals surface area contributed by atoms with Crippen LogP contribution in [-0.4, -0.2) is 38.1 Å². The summed E-state index contributed by atoms with van der Waals surface area (Å²) in [7, 11) is 1.68. The molecule has 7 heteroatoms. The molecule has 0 bridgehead atoms. The first-order valence-electron chi connectivity index (χ1n) is 9.46. The van der Waals surface area contributed by atoms with Crippen molar-refractivity contribution in [3.05, 3.63) is 63.8 Å². The number of halogens is 1. The number of para-hydroxylation sites is 2. The first kappa shape index (κ1) is 21.6. The molecule has 3 aromatic rings. The number of thiazole rings is 1.